The van der Waals surface area contributed by atoms with Crippen LogP contribution in [0.3, 0.4) is 0 Å². The quantitative estimate of drug-likeness (QED) is 0.686. The van der Waals surface area contributed by atoms with Gasteiger partial charge in [-0.05, 0) is 35.4 Å². The molecule has 0 saturated carbocycles. The molecule has 2 amide bonds. The fourth-order valence-corrected chi connectivity index (χ4v) is 2.54. The first-order valence-corrected chi connectivity index (χ1v) is 8.61. The number of hydrogen-bond acceptors (Lipinski definition) is 3. The molecule has 0 aliphatic rings. The molecule has 1 aromatic heterocycles. The molecule has 0 spiro atoms. The van der Waals surface area contributed by atoms with E-state index in [0.29, 0.717) is 10.6 Å². The van der Waals surface area contributed by atoms with Crippen LogP contribution in [-0.4, -0.2) is 23.3 Å². The summed E-state index contributed by atoms with van der Waals surface area (Å²) in [4.78, 5) is 28.3. The predicted molar refractivity (Wildman–Crippen MR) is 107 cm³/mol. The third-order valence-corrected chi connectivity index (χ3v) is 3.99. The number of pyridine rings is 1. The van der Waals surface area contributed by atoms with Gasteiger partial charge in [0.15, 0.2) is 0 Å². The number of aromatic nitrogens is 1. The first-order valence-electron chi connectivity index (χ1n) is 8.23. The molecular formula is C21H20ClN3O2. The maximum atomic E-state index is 12.4. The molecule has 27 heavy (non-hydrogen) atoms. The SMILES string of the molecule is C=C/C=C(\C=C)C(NC(=O)CNC(=O)c1ccncc1)c1ccc(Cl)cc1. The Morgan fingerprint density at radius 3 is 2.37 bits per heavy atom. The van der Waals surface area contributed by atoms with Crippen LogP contribution in [0.25, 0.3) is 0 Å². The van der Waals surface area contributed by atoms with E-state index in [1.807, 2.05) is 12.1 Å². The van der Waals surface area contributed by atoms with Gasteiger partial charge in [-0.25, -0.2) is 0 Å². The lowest BCUT2D eigenvalue weighted by atomic mass is 9.98. The van der Waals surface area contributed by atoms with E-state index in [1.54, 1.807) is 42.5 Å². The van der Waals surface area contributed by atoms with Gasteiger partial charge in [-0.1, -0.05) is 55.1 Å². The fourth-order valence-electron chi connectivity index (χ4n) is 2.41. The Morgan fingerprint density at radius 1 is 1.11 bits per heavy atom. The zero-order valence-electron chi connectivity index (χ0n) is 14.7. The summed E-state index contributed by atoms with van der Waals surface area (Å²) in [5.41, 5.74) is 2.03. The molecule has 2 rings (SSSR count). The maximum Gasteiger partial charge on any atom is 0.251 e. The minimum absolute atomic E-state index is 0.163. The average molecular weight is 382 g/mol. The minimum Gasteiger partial charge on any atom is -0.344 e. The van der Waals surface area contributed by atoms with Gasteiger partial charge >= 0.3 is 0 Å². The highest BCUT2D eigenvalue weighted by Crippen LogP contribution is 2.24. The van der Waals surface area contributed by atoms with Gasteiger partial charge in [-0.3, -0.25) is 14.6 Å². The van der Waals surface area contributed by atoms with Crippen LogP contribution in [0.15, 0.2) is 85.8 Å². The highest BCUT2D eigenvalue weighted by Gasteiger charge is 2.18. The van der Waals surface area contributed by atoms with Gasteiger partial charge in [0.25, 0.3) is 5.91 Å². The monoisotopic (exact) mass is 381 g/mol. The number of halogens is 1. The molecule has 1 heterocycles. The molecule has 0 bridgehead atoms. The lowest BCUT2D eigenvalue weighted by molar-refractivity contribution is -0.120. The summed E-state index contributed by atoms with van der Waals surface area (Å²) in [5.74, 6) is -0.685. The minimum atomic E-state index is -0.442. The van der Waals surface area contributed by atoms with E-state index < -0.39 is 6.04 Å². The average Bonchev–Trinajstić information content (AvgIpc) is 2.70. The molecule has 0 fully saturated rings. The molecule has 138 valence electrons. The summed E-state index contributed by atoms with van der Waals surface area (Å²) in [6.07, 6.45) is 8.07. The normalized spacial score (nSPS) is 12.0. The van der Waals surface area contributed by atoms with E-state index in [-0.39, 0.29) is 18.4 Å². The maximum absolute atomic E-state index is 12.4. The van der Waals surface area contributed by atoms with E-state index in [2.05, 4.69) is 28.8 Å². The molecule has 2 N–H and O–H groups in total. The standard InChI is InChI=1S/C21H20ClN3O2/c1-3-5-15(4-2)20(16-6-8-18(22)9-7-16)25-19(26)14-24-21(27)17-10-12-23-13-11-17/h3-13,20H,1-2,14H2,(H,24,27)(H,25,26)/b15-5+. The molecular weight excluding hydrogens is 362 g/mol. The van der Waals surface area contributed by atoms with Gasteiger partial charge in [0, 0.05) is 23.0 Å². The Balaban J connectivity index is 2.10. The van der Waals surface area contributed by atoms with E-state index >= 15 is 0 Å². The van der Waals surface area contributed by atoms with Crippen LogP contribution in [0.2, 0.25) is 5.02 Å². The number of allylic oxidation sites excluding steroid dienone is 2. The van der Waals surface area contributed by atoms with Crippen molar-refractivity contribution in [1.82, 2.24) is 15.6 Å². The zero-order valence-corrected chi connectivity index (χ0v) is 15.4. The van der Waals surface area contributed by atoms with Gasteiger partial charge < -0.3 is 10.6 Å². The lowest BCUT2D eigenvalue weighted by Gasteiger charge is -2.21. The number of nitrogens with one attached hydrogen (secondary N) is 2. The summed E-state index contributed by atoms with van der Waals surface area (Å²) < 4.78 is 0. The molecule has 6 heteroatoms. The molecule has 0 radical (unpaired) electrons. The molecule has 0 aliphatic carbocycles. The Hall–Kier alpha value is -3.18. The molecule has 0 aliphatic heterocycles. The molecule has 5 nitrogen and oxygen atoms in total. The number of carbonyl (C=O) groups is 2. The summed E-state index contributed by atoms with van der Waals surface area (Å²) in [5, 5.41) is 6.09. The summed E-state index contributed by atoms with van der Waals surface area (Å²) in [6, 6.07) is 9.85. The van der Waals surface area contributed by atoms with Gasteiger partial charge in [0.2, 0.25) is 5.91 Å². The Morgan fingerprint density at radius 2 is 1.78 bits per heavy atom. The van der Waals surface area contributed by atoms with Gasteiger partial charge in [0.05, 0.1) is 12.6 Å². The molecule has 1 atom stereocenters. The Bertz CT molecular complexity index is 845. The number of benzene rings is 1. The van der Waals surface area contributed by atoms with Crippen LogP contribution < -0.4 is 10.6 Å². The predicted octanol–water partition coefficient (Wildman–Crippen LogP) is 3.62. The van der Waals surface area contributed by atoms with Crippen LogP contribution in [0.4, 0.5) is 0 Å². The molecule has 0 saturated heterocycles. The van der Waals surface area contributed by atoms with Crippen LogP contribution in [-0.2, 0) is 4.79 Å². The van der Waals surface area contributed by atoms with Crippen molar-refractivity contribution in [2.24, 2.45) is 0 Å². The van der Waals surface area contributed by atoms with Crippen molar-refractivity contribution in [1.29, 1.82) is 0 Å². The molecule has 1 aromatic carbocycles. The molecule has 1 unspecified atom stereocenters. The first kappa shape index (κ1) is 20.1. The van der Waals surface area contributed by atoms with E-state index in [4.69, 9.17) is 11.6 Å². The van der Waals surface area contributed by atoms with Gasteiger partial charge in [0.1, 0.15) is 0 Å². The van der Waals surface area contributed by atoms with Crippen molar-refractivity contribution in [2.75, 3.05) is 6.54 Å². The fraction of sp³-hybridized carbons (Fsp3) is 0.0952. The van der Waals surface area contributed by atoms with Gasteiger partial charge in [-0.2, -0.15) is 0 Å². The van der Waals surface area contributed by atoms with Crippen LogP contribution in [0, 0.1) is 0 Å². The van der Waals surface area contributed by atoms with E-state index in [1.165, 1.54) is 12.4 Å². The third kappa shape index (κ3) is 5.94. The summed E-state index contributed by atoms with van der Waals surface area (Å²) >= 11 is 5.95. The second-order valence-electron chi connectivity index (χ2n) is 5.58. The first-order chi connectivity index (χ1) is 13.0. The van der Waals surface area contributed by atoms with E-state index in [0.717, 1.165) is 11.1 Å². The van der Waals surface area contributed by atoms with Crippen molar-refractivity contribution in [2.45, 2.75) is 6.04 Å². The second kappa shape index (κ2) is 10.1. The summed E-state index contributed by atoms with van der Waals surface area (Å²) in [6.45, 7) is 7.32. The largest absolute Gasteiger partial charge is 0.344 e. The summed E-state index contributed by atoms with van der Waals surface area (Å²) in [7, 11) is 0. The molecule has 2 aromatic rings. The topological polar surface area (TPSA) is 71.1 Å². The Labute approximate surface area is 163 Å². The van der Waals surface area contributed by atoms with E-state index in [9.17, 15) is 9.59 Å². The third-order valence-electron chi connectivity index (χ3n) is 3.74. The van der Waals surface area contributed by atoms with Crippen molar-refractivity contribution in [3.05, 3.63) is 102 Å². The smallest absolute Gasteiger partial charge is 0.251 e. The van der Waals surface area contributed by atoms with Crippen molar-refractivity contribution < 1.29 is 9.59 Å². The number of amides is 2. The number of rotatable bonds is 8. The van der Waals surface area contributed by atoms with Crippen molar-refractivity contribution >= 4 is 23.4 Å². The van der Waals surface area contributed by atoms with Crippen LogP contribution in [0.1, 0.15) is 22.0 Å². The highest BCUT2D eigenvalue weighted by atomic mass is 35.5. The van der Waals surface area contributed by atoms with Crippen LogP contribution in [0.5, 0.6) is 0 Å². The lowest BCUT2D eigenvalue weighted by Crippen LogP contribution is -2.39. The van der Waals surface area contributed by atoms with Gasteiger partial charge in [-0.15, -0.1) is 0 Å². The number of carbonyl (C=O) groups excluding carboxylic acids is 2. The highest BCUT2D eigenvalue weighted by molar-refractivity contribution is 6.30. The number of hydrogen-bond donors (Lipinski definition) is 2. The van der Waals surface area contributed by atoms with Crippen LogP contribution >= 0.6 is 11.6 Å². The Kier molecular flexibility index (Phi) is 7.52. The van der Waals surface area contributed by atoms with Crippen molar-refractivity contribution in [3.63, 3.8) is 0 Å². The second-order valence-corrected chi connectivity index (χ2v) is 6.01. The number of nitrogens with zero attached hydrogens (tertiary/aromatic N) is 1. The zero-order chi connectivity index (χ0) is 19.6. The van der Waals surface area contributed by atoms with Crippen molar-refractivity contribution in [3.8, 4) is 0 Å².